The first kappa shape index (κ1) is 25.7. The molecular formula is C20H29F3N6O2S2. The van der Waals surface area contributed by atoms with E-state index in [0.29, 0.717) is 30.6 Å². The van der Waals surface area contributed by atoms with Crippen molar-refractivity contribution in [2.24, 2.45) is 22.8 Å². The third kappa shape index (κ3) is 5.76. The van der Waals surface area contributed by atoms with Crippen molar-refractivity contribution in [1.29, 1.82) is 0 Å². The second-order valence-electron chi connectivity index (χ2n) is 8.52. The van der Waals surface area contributed by atoms with E-state index >= 15 is 0 Å². The van der Waals surface area contributed by atoms with Crippen LogP contribution in [0, 0.1) is 28.8 Å². The van der Waals surface area contributed by atoms with Gasteiger partial charge >= 0.3 is 0 Å². The molecule has 1 aliphatic carbocycles. The van der Waals surface area contributed by atoms with Crippen LogP contribution in [0.2, 0.25) is 0 Å². The highest BCUT2D eigenvalue weighted by atomic mass is 32.2. The van der Waals surface area contributed by atoms with E-state index in [0.717, 1.165) is 38.4 Å². The molecule has 0 spiro atoms. The van der Waals surface area contributed by atoms with Crippen LogP contribution < -0.4 is 21.5 Å². The highest BCUT2D eigenvalue weighted by molar-refractivity contribution is 7.93. The molecule has 0 saturated heterocycles. The van der Waals surface area contributed by atoms with Crippen molar-refractivity contribution < 1.29 is 21.6 Å². The molecule has 1 fully saturated rings. The number of hydrogen-bond donors (Lipinski definition) is 4. The van der Waals surface area contributed by atoms with Crippen LogP contribution in [0.3, 0.4) is 0 Å². The summed E-state index contributed by atoms with van der Waals surface area (Å²) >= 11 is 0.672. The first-order valence-electron chi connectivity index (χ1n) is 10.8. The monoisotopic (exact) mass is 506 g/mol. The summed E-state index contributed by atoms with van der Waals surface area (Å²) in [5.74, 6) is -4.80. The summed E-state index contributed by atoms with van der Waals surface area (Å²) in [5, 5.41) is 2.55. The number of hydrogen-bond acceptors (Lipinski definition) is 8. The maximum atomic E-state index is 14.8. The van der Waals surface area contributed by atoms with E-state index in [9.17, 15) is 21.6 Å². The Labute approximate surface area is 195 Å². The normalized spacial score (nSPS) is 17.3. The Hall–Kier alpha value is -1.96. The van der Waals surface area contributed by atoms with Crippen molar-refractivity contribution in [3.8, 4) is 0 Å². The van der Waals surface area contributed by atoms with E-state index in [-0.39, 0.29) is 29.1 Å². The van der Waals surface area contributed by atoms with Gasteiger partial charge in [0.15, 0.2) is 16.5 Å². The predicted octanol–water partition coefficient (Wildman–Crippen LogP) is 3.43. The molecule has 0 aliphatic heterocycles. The van der Waals surface area contributed by atoms with Gasteiger partial charge in [0, 0.05) is 30.2 Å². The first-order valence-corrected chi connectivity index (χ1v) is 13.0. The zero-order chi connectivity index (χ0) is 24.2. The fourth-order valence-corrected chi connectivity index (χ4v) is 6.17. The summed E-state index contributed by atoms with van der Waals surface area (Å²) < 4.78 is 74.4. The van der Waals surface area contributed by atoms with Crippen LogP contribution in [0.25, 0.3) is 0 Å². The lowest BCUT2D eigenvalue weighted by Crippen LogP contribution is -2.42. The van der Waals surface area contributed by atoms with Gasteiger partial charge in [-0.05, 0) is 50.0 Å². The summed E-state index contributed by atoms with van der Waals surface area (Å²) in [4.78, 5) is 2.18. The van der Waals surface area contributed by atoms with Crippen LogP contribution >= 0.6 is 11.5 Å². The average Bonchev–Trinajstić information content (AvgIpc) is 3.23. The molecule has 1 saturated carbocycles. The molecule has 3 rings (SSSR count). The van der Waals surface area contributed by atoms with Crippen LogP contribution in [0.5, 0.6) is 0 Å². The van der Waals surface area contributed by atoms with Crippen molar-refractivity contribution in [2.75, 3.05) is 23.1 Å². The molecular weight excluding hydrogens is 477 g/mol. The minimum atomic E-state index is -4.75. The zero-order valence-electron chi connectivity index (χ0n) is 18.3. The second-order valence-corrected chi connectivity index (χ2v) is 10.9. The molecule has 1 aromatic carbocycles. The molecule has 0 radical (unpaired) electrons. The fraction of sp³-hybridized carbons (Fsp3) is 0.600. The molecule has 2 unspecified atom stereocenters. The van der Waals surface area contributed by atoms with Crippen LogP contribution in [-0.4, -0.2) is 36.9 Å². The molecule has 0 bridgehead atoms. The zero-order valence-corrected chi connectivity index (χ0v) is 19.9. The summed E-state index contributed by atoms with van der Waals surface area (Å²) in [6, 6.07) is 0.446. The Bertz CT molecular complexity index is 1050. The van der Waals surface area contributed by atoms with Gasteiger partial charge in [0.2, 0.25) is 5.13 Å². The van der Waals surface area contributed by atoms with Crippen molar-refractivity contribution in [3.05, 3.63) is 29.8 Å². The van der Waals surface area contributed by atoms with Crippen LogP contribution in [0.15, 0.2) is 17.3 Å². The summed E-state index contributed by atoms with van der Waals surface area (Å²) in [6.07, 6.45) is 6.61. The standard InChI is InChI=1S/C20H29F3N6O2S2/c1-2-14(25)12(9-20(6-7-24)4-3-5-20)10-26-15-8-13(21)18(17(23)16(15)22)33(30,31)29-19-27-11-28-32-19/h8,11-12,14,26H,2-7,9-10,24-25H2,1H3,(H,27,28,29). The minimum Gasteiger partial charge on any atom is -0.382 e. The molecule has 1 aliphatic rings. The van der Waals surface area contributed by atoms with Gasteiger partial charge < -0.3 is 16.8 Å². The van der Waals surface area contributed by atoms with Gasteiger partial charge in [-0.3, -0.25) is 4.72 Å². The maximum Gasteiger partial charge on any atom is 0.269 e. The Morgan fingerprint density at radius 1 is 1.27 bits per heavy atom. The van der Waals surface area contributed by atoms with E-state index in [1.807, 2.05) is 11.6 Å². The molecule has 2 aromatic rings. The summed E-state index contributed by atoms with van der Waals surface area (Å²) in [7, 11) is -4.75. The molecule has 6 N–H and O–H groups in total. The number of benzene rings is 1. The number of aromatic nitrogens is 2. The summed E-state index contributed by atoms with van der Waals surface area (Å²) in [6.45, 7) is 2.69. The molecule has 1 aromatic heterocycles. The largest absolute Gasteiger partial charge is 0.382 e. The Morgan fingerprint density at radius 3 is 2.55 bits per heavy atom. The lowest BCUT2D eigenvalue weighted by atomic mass is 9.61. The highest BCUT2D eigenvalue weighted by Crippen LogP contribution is 2.49. The topological polar surface area (TPSA) is 136 Å². The van der Waals surface area contributed by atoms with Crippen LogP contribution in [-0.2, 0) is 10.0 Å². The fourth-order valence-electron chi connectivity index (χ4n) is 4.38. The number of sulfonamides is 1. The summed E-state index contributed by atoms with van der Waals surface area (Å²) in [5.41, 5.74) is 11.7. The lowest BCUT2D eigenvalue weighted by molar-refractivity contribution is 0.0798. The van der Waals surface area contributed by atoms with Gasteiger partial charge in [-0.2, -0.15) is 4.37 Å². The number of anilines is 2. The third-order valence-electron chi connectivity index (χ3n) is 6.38. The van der Waals surface area contributed by atoms with E-state index in [2.05, 4.69) is 14.7 Å². The predicted molar refractivity (Wildman–Crippen MR) is 122 cm³/mol. The van der Waals surface area contributed by atoms with E-state index < -0.39 is 38.1 Å². The molecule has 33 heavy (non-hydrogen) atoms. The number of nitrogens with two attached hydrogens (primary N) is 2. The number of halogens is 3. The number of rotatable bonds is 12. The van der Waals surface area contributed by atoms with Gasteiger partial charge in [-0.1, -0.05) is 13.3 Å². The van der Waals surface area contributed by atoms with Crippen molar-refractivity contribution in [3.63, 3.8) is 0 Å². The van der Waals surface area contributed by atoms with Gasteiger partial charge in [0.25, 0.3) is 10.0 Å². The van der Waals surface area contributed by atoms with Gasteiger partial charge in [0.05, 0.1) is 5.69 Å². The Balaban J connectivity index is 1.80. The van der Waals surface area contributed by atoms with E-state index in [1.165, 1.54) is 0 Å². The maximum absolute atomic E-state index is 14.8. The van der Waals surface area contributed by atoms with E-state index in [1.54, 1.807) is 0 Å². The lowest BCUT2D eigenvalue weighted by Gasteiger charge is -2.45. The number of nitrogens with one attached hydrogen (secondary N) is 2. The molecule has 1 heterocycles. The molecule has 0 amide bonds. The van der Waals surface area contributed by atoms with Crippen LogP contribution in [0.4, 0.5) is 24.0 Å². The molecule has 8 nitrogen and oxygen atoms in total. The van der Waals surface area contributed by atoms with Gasteiger partial charge in [-0.25, -0.2) is 26.6 Å². The van der Waals surface area contributed by atoms with Crippen LogP contribution in [0.1, 0.15) is 45.4 Å². The van der Waals surface area contributed by atoms with Gasteiger partial charge in [-0.15, -0.1) is 0 Å². The molecule has 13 heteroatoms. The Kier molecular flexibility index (Phi) is 8.19. The smallest absolute Gasteiger partial charge is 0.269 e. The minimum absolute atomic E-state index is 0.0742. The first-order chi connectivity index (χ1) is 15.6. The second kappa shape index (κ2) is 10.5. The van der Waals surface area contributed by atoms with Crippen molar-refractivity contribution in [1.82, 2.24) is 9.36 Å². The molecule has 184 valence electrons. The molecule has 2 atom stereocenters. The SMILES string of the molecule is CCC(N)C(CNc1cc(F)c(S(=O)(=O)Nc2ncns2)c(F)c1F)CC1(CCN)CCC1. The Morgan fingerprint density at radius 2 is 2.00 bits per heavy atom. The van der Waals surface area contributed by atoms with Crippen molar-refractivity contribution >= 4 is 32.4 Å². The number of nitrogens with zero attached hydrogens (tertiary/aromatic N) is 2. The van der Waals surface area contributed by atoms with Crippen molar-refractivity contribution in [2.45, 2.75) is 56.4 Å². The van der Waals surface area contributed by atoms with E-state index in [4.69, 9.17) is 11.5 Å². The van der Waals surface area contributed by atoms with Gasteiger partial charge in [0.1, 0.15) is 12.1 Å². The highest BCUT2D eigenvalue weighted by Gasteiger charge is 2.39. The quantitative estimate of drug-likeness (QED) is 0.324. The average molecular weight is 507 g/mol. The third-order valence-corrected chi connectivity index (χ3v) is 8.47.